The normalized spacial score (nSPS) is 14.1. The molecule has 254 valence electrons. The summed E-state index contributed by atoms with van der Waals surface area (Å²) in [5.41, 5.74) is 0. The van der Waals surface area contributed by atoms with Crippen LogP contribution < -0.4 is 5.32 Å². The third kappa shape index (κ3) is 29.3. The minimum atomic E-state index is -1.16. The second kappa shape index (κ2) is 33.7. The molecule has 4 N–H and O–H groups in total. The van der Waals surface area contributed by atoms with E-state index in [2.05, 4.69) is 43.5 Å². The number of rotatable bonds is 33. The predicted molar refractivity (Wildman–Crippen MR) is 185 cm³/mol. The van der Waals surface area contributed by atoms with Gasteiger partial charge in [-0.3, -0.25) is 4.79 Å². The van der Waals surface area contributed by atoms with Gasteiger partial charge < -0.3 is 20.6 Å². The van der Waals surface area contributed by atoms with Crippen LogP contribution in [-0.4, -0.2) is 46.1 Å². The van der Waals surface area contributed by atoms with Crippen molar-refractivity contribution in [1.29, 1.82) is 0 Å². The van der Waals surface area contributed by atoms with E-state index in [1.165, 1.54) is 116 Å². The van der Waals surface area contributed by atoms with E-state index in [4.69, 9.17) is 0 Å². The molecule has 0 saturated carbocycles. The van der Waals surface area contributed by atoms with E-state index in [0.29, 0.717) is 12.8 Å². The van der Waals surface area contributed by atoms with Crippen molar-refractivity contribution in [1.82, 2.24) is 5.32 Å². The molecule has 43 heavy (non-hydrogen) atoms. The molecular formula is C38H73NO4. The fraction of sp³-hybridized carbons (Fsp3) is 0.868. The van der Waals surface area contributed by atoms with Crippen molar-refractivity contribution in [3.05, 3.63) is 24.3 Å². The van der Waals surface area contributed by atoms with Gasteiger partial charge in [0.15, 0.2) is 0 Å². The zero-order valence-corrected chi connectivity index (χ0v) is 28.6. The molecule has 0 radical (unpaired) electrons. The fourth-order valence-electron chi connectivity index (χ4n) is 5.59. The lowest BCUT2D eigenvalue weighted by atomic mass is 10.0. The Kier molecular flexibility index (Phi) is 32.8. The molecule has 0 aromatic carbocycles. The first-order valence-electron chi connectivity index (χ1n) is 18.6. The highest BCUT2D eigenvalue weighted by Crippen LogP contribution is 2.14. The number of unbranched alkanes of at least 4 members (excludes halogenated alkanes) is 21. The summed E-state index contributed by atoms with van der Waals surface area (Å²) in [7, 11) is 0. The van der Waals surface area contributed by atoms with Gasteiger partial charge in [0.2, 0.25) is 5.91 Å². The lowest BCUT2D eigenvalue weighted by molar-refractivity contribution is -0.124. The standard InChI is InChI=1S/C38H73NO4/c1-3-5-7-9-11-13-15-17-18-19-20-21-22-24-26-28-30-32-36(41)38(43)35(34-40)39-37(42)33-31-29-27-25-23-16-14-12-10-8-6-4-2/h19-20,24,26,35-36,38,40-41,43H,3-18,21-23,25,27-34H2,1-2H3,(H,39,42)/b20-19+,26-24+. The summed E-state index contributed by atoms with van der Waals surface area (Å²) in [5, 5.41) is 33.3. The lowest BCUT2D eigenvalue weighted by Crippen LogP contribution is -2.50. The first kappa shape index (κ1) is 41.8. The second-order valence-corrected chi connectivity index (χ2v) is 12.8. The SMILES string of the molecule is CCCCCCCCCC/C=C/CC/C=C/CCCC(O)C(O)C(CO)NC(=O)CCCCCCCCCCCCCC. The van der Waals surface area contributed by atoms with Gasteiger partial charge in [0.1, 0.15) is 6.10 Å². The summed E-state index contributed by atoms with van der Waals surface area (Å²) < 4.78 is 0. The maximum Gasteiger partial charge on any atom is 0.220 e. The van der Waals surface area contributed by atoms with Crippen molar-refractivity contribution in [3.8, 4) is 0 Å². The van der Waals surface area contributed by atoms with Crippen LogP contribution in [0.15, 0.2) is 24.3 Å². The molecule has 0 fully saturated rings. The number of aliphatic hydroxyl groups excluding tert-OH is 3. The number of nitrogens with one attached hydrogen (secondary N) is 1. The first-order valence-corrected chi connectivity index (χ1v) is 18.6. The van der Waals surface area contributed by atoms with Gasteiger partial charge >= 0.3 is 0 Å². The second-order valence-electron chi connectivity index (χ2n) is 12.8. The lowest BCUT2D eigenvalue weighted by Gasteiger charge is -2.26. The number of carbonyl (C=O) groups is 1. The van der Waals surface area contributed by atoms with E-state index in [-0.39, 0.29) is 12.5 Å². The van der Waals surface area contributed by atoms with Crippen molar-refractivity contribution < 1.29 is 20.1 Å². The third-order valence-electron chi connectivity index (χ3n) is 8.54. The topological polar surface area (TPSA) is 89.8 Å². The predicted octanol–water partition coefficient (Wildman–Crippen LogP) is 9.87. The van der Waals surface area contributed by atoms with Gasteiger partial charge in [-0.25, -0.2) is 0 Å². The van der Waals surface area contributed by atoms with Crippen molar-refractivity contribution in [3.63, 3.8) is 0 Å². The Morgan fingerprint density at radius 1 is 0.558 bits per heavy atom. The quantitative estimate of drug-likeness (QED) is 0.0441. The van der Waals surface area contributed by atoms with E-state index >= 15 is 0 Å². The molecule has 0 aliphatic carbocycles. The molecule has 5 heteroatoms. The number of hydrogen-bond acceptors (Lipinski definition) is 4. The van der Waals surface area contributed by atoms with Crippen molar-refractivity contribution in [2.75, 3.05) is 6.61 Å². The zero-order valence-electron chi connectivity index (χ0n) is 28.6. The Morgan fingerprint density at radius 2 is 0.953 bits per heavy atom. The van der Waals surface area contributed by atoms with Gasteiger partial charge in [0.25, 0.3) is 0 Å². The monoisotopic (exact) mass is 608 g/mol. The van der Waals surface area contributed by atoms with E-state index in [9.17, 15) is 20.1 Å². The van der Waals surface area contributed by atoms with Gasteiger partial charge in [0, 0.05) is 6.42 Å². The van der Waals surface area contributed by atoms with Crippen LogP contribution in [0.3, 0.4) is 0 Å². The van der Waals surface area contributed by atoms with Crippen LogP contribution in [0.4, 0.5) is 0 Å². The molecule has 0 rings (SSSR count). The minimum absolute atomic E-state index is 0.160. The largest absolute Gasteiger partial charge is 0.394 e. The number of aliphatic hydroxyl groups is 3. The maximum absolute atomic E-state index is 12.3. The molecule has 0 aromatic heterocycles. The van der Waals surface area contributed by atoms with Crippen molar-refractivity contribution in [2.24, 2.45) is 0 Å². The van der Waals surface area contributed by atoms with Crippen LogP contribution in [0, 0.1) is 0 Å². The molecule has 0 spiro atoms. The molecule has 3 atom stereocenters. The smallest absolute Gasteiger partial charge is 0.220 e. The average molecular weight is 608 g/mol. The number of hydrogen-bond donors (Lipinski definition) is 4. The van der Waals surface area contributed by atoms with E-state index in [0.717, 1.165) is 44.9 Å². The molecule has 0 bridgehead atoms. The Labute approximate surface area is 267 Å². The van der Waals surface area contributed by atoms with Crippen LogP contribution in [0.5, 0.6) is 0 Å². The molecule has 0 aliphatic rings. The van der Waals surface area contributed by atoms with Crippen molar-refractivity contribution >= 4 is 5.91 Å². The Hall–Kier alpha value is -1.17. The van der Waals surface area contributed by atoms with Crippen LogP contribution in [0.2, 0.25) is 0 Å². The first-order chi connectivity index (χ1) is 21.1. The number of amides is 1. The van der Waals surface area contributed by atoms with Crippen molar-refractivity contribution in [2.45, 2.75) is 205 Å². The maximum atomic E-state index is 12.3. The molecule has 3 unspecified atom stereocenters. The van der Waals surface area contributed by atoms with Crippen LogP contribution in [0.25, 0.3) is 0 Å². The summed E-state index contributed by atoms with van der Waals surface area (Å²) in [5.74, 6) is -0.160. The highest BCUT2D eigenvalue weighted by atomic mass is 16.3. The molecule has 1 amide bonds. The molecule has 0 saturated heterocycles. The molecule has 5 nitrogen and oxygen atoms in total. The third-order valence-corrected chi connectivity index (χ3v) is 8.54. The minimum Gasteiger partial charge on any atom is -0.394 e. The summed E-state index contributed by atoms with van der Waals surface area (Å²) >= 11 is 0. The van der Waals surface area contributed by atoms with Gasteiger partial charge in [0.05, 0.1) is 18.8 Å². The van der Waals surface area contributed by atoms with E-state index in [1.807, 2.05) is 0 Å². The van der Waals surface area contributed by atoms with E-state index < -0.39 is 18.2 Å². The van der Waals surface area contributed by atoms with Gasteiger partial charge in [-0.05, 0) is 51.4 Å². The number of carbonyl (C=O) groups excluding carboxylic acids is 1. The zero-order chi connectivity index (χ0) is 31.6. The average Bonchev–Trinajstić information content (AvgIpc) is 3.01. The Morgan fingerprint density at radius 3 is 1.42 bits per heavy atom. The summed E-state index contributed by atoms with van der Waals surface area (Å²) in [6.07, 6.45) is 38.4. The highest BCUT2D eigenvalue weighted by Gasteiger charge is 2.26. The van der Waals surface area contributed by atoms with Crippen LogP contribution >= 0.6 is 0 Å². The van der Waals surface area contributed by atoms with Gasteiger partial charge in [-0.2, -0.15) is 0 Å². The van der Waals surface area contributed by atoms with Crippen LogP contribution in [-0.2, 0) is 4.79 Å². The molecule has 0 heterocycles. The Bertz CT molecular complexity index is 635. The summed E-state index contributed by atoms with van der Waals surface area (Å²) in [6.45, 7) is 4.14. The molecule has 0 aliphatic heterocycles. The fourth-order valence-corrected chi connectivity index (χ4v) is 5.59. The number of allylic oxidation sites excluding steroid dienone is 4. The molecule has 0 aromatic rings. The van der Waals surface area contributed by atoms with Gasteiger partial charge in [-0.1, -0.05) is 154 Å². The van der Waals surface area contributed by atoms with Crippen LogP contribution in [0.1, 0.15) is 187 Å². The molecular weight excluding hydrogens is 534 g/mol. The summed E-state index contributed by atoms with van der Waals surface area (Å²) in [6, 6.07) is -0.826. The van der Waals surface area contributed by atoms with Gasteiger partial charge in [-0.15, -0.1) is 0 Å². The van der Waals surface area contributed by atoms with E-state index in [1.54, 1.807) is 0 Å². The Balaban J connectivity index is 3.76. The highest BCUT2D eigenvalue weighted by molar-refractivity contribution is 5.76. The summed E-state index contributed by atoms with van der Waals surface area (Å²) in [4.78, 5) is 12.3.